The van der Waals surface area contributed by atoms with Gasteiger partial charge in [-0.3, -0.25) is 9.59 Å². The SMILES string of the molecule is CCN(CCC(=O)O)C(=O)NC(C)C(=O)NC. The summed E-state index contributed by atoms with van der Waals surface area (Å²) in [4.78, 5) is 34.6. The molecular weight excluding hydrogens is 226 g/mol. The number of amides is 3. The van der Waals surface area contributed by atoms with Crippen LogP contribution >= 0.6 is 0 Å². The van der Waals surface area contributed by atoms with Crippen LogP contribution in [0.15, 0.2) is 0 Å². The number of carbonyl (C=O) groups excluding carboxylic acids is 2. The molecular formula is C10H19N3O4. The van der Waals surface area contributed by atoms with Crippen LogP contribution in [0.5, 0.6) is 0 Å². The Kier molecular flexibility index (Phi) is 6.69. The Morgan fingerprint density at radius 2 is 1.94 bits per heavy atom. The lowest BCUT2D eigenvalue weighted by atomic mass is 10.3. The summed E-state index contributed by atoms with van der Waals surface area (Å²) >= 11 is 0. The van der Waals surface area contributed by atoms with Crippen molar-refractivity contribution in [2.75, 3.05) is 20.1 Å². The Morgan fingerprint density at radius 1 is 1.35 bits per heavy atom. The predicted octanol–water partition coefficient (Wildman–Crippen LogP) is -0.373. The number of hydrogen-bond donors (Lipinski definition) is 3. The van der Waals surface area contributed by atoms with E-state index >= 15 is 0 Å². The summed E-state index contributed by atoms with van der Waals surface area (Å²) in [5.41, 5.74) is 0. The highest BCUT2D eigenvalue weighted by atomic mass is 16.4. The largest absolute Gasteiger partial charge is 0.481 e. The van der Waals surface area contributed by atoms with Crippen LogP contribution in [0.1, 0.15) is 20.3 Å². The molecule has 7 nitrogen and oxygen atoms in total. The molecule has 0 aliphatic rings. The number of nitrogens with one attached hydrogen (secondary N) is 2. The second kappa shape index (κ2) is 7.48. The Hall–Kier alpha value is -1.79. The first-order chi connectivity index (χ1) is 7.92. The van der Waals surface area contributed by atoms with E-state index in [2.05, 4.69) is 10.6 Å². The van der Waals surface area contributed by atoms with Crippen LogP contribution in [0.3, 0.4) is 0 Å². The molecule has 0 aliphatic heterocycles. The molecule has 1 unspecified atom stereocenters. The van der Waals surface area contributed by atoms with Gasteiger partial charge in [0.2, 0.25) is 5.91 Å². The molecule has 3 N–H and O–H groups in total. The minimum atomic E-state index is -0.962. The molecule has 0 heterocycles. The zero-order valence-corrected chi connectivity index (χ0v) is 10.3. The number of urea groups is 1. The average Bonchev–Trinajstić information content (AvgIpc) is 2.28. The molecule has 0 aromatic carbocycles. The molecule has 0 saturated heterocycles. The Balaban J connectivity index is 4.25. The van der Waals surface area contributed by atoms with E-state index in [4.69, 9.17) is 5.11 Å². The molecule has 0 spiro atoms. The van der Waals surface area contributed by atoms with Gasteiger partial charge in [-0.2, -0.15) is 0 Å². The van der Waals surface area contributed by atoms with Gasteiger partial charge in [0.15, 0.2) is 0 Å². The smallest absolute Gasteiger partial charge is 0.318 e. The van der Waals surface area contributed by atoms with Crippen molar-refractivity contribution in [3.05, 3.63) is 0 Å². The minimum Gasteiger partial charge on any atom is -0.481 e. The van der Waals surface area contributed by atoms with E-state index in [1.165, 1.54) is 11.9 Å². The fourth-order valence-electron chi connectivity index (χ4n) is 1.19. The third-order valence-corrected chi connectivity index (χ3v) is 2.24. The molecule has 0 aliphatic carbocycles. The number of rotatable bonds is 6. The molecule has 0 aromatic heterocycles. The van der Waals surface area contributed by atoms with Gasteiger partial charge in [0, 0.05) is 20.1 Å². The summed E-state index contributed by atoms with van der Waals surface area (Å²) in [5.74, 6) is -1.26. The van der Waals surface area contributed by atoms with Crippen molar-refractivity contribution in [3.8, 4) is 0 Å². The van der Waals surface area contributed by atoms with Crippen molar-refractivity contribution in [2.24, 2.45) is 0 Å². The molecule has 0 aromatic rings. The van der Waals surface area contributed by atoms with Gasteiger partial charge < -0.3 is 20.6 Å². The standard InChI is InChI=1S/C10H19N3O4/c1-4-13(6-5-8(14)15)10(17)12-7(2)9(16)11-3/h7H,4-6H2,1-3H3,(H,11,16)(H,12,17)(H,14,15). The van der Waals surface area contributed by atoms with Crippen molar-refractivity contribution in [1.82, 2.24) is 15.5 Å². The molecule has 98 valence electrons. The van der Waals surface area contributed by atoms with Crippen molar-refractivity contribution >= 4 is 17.9 Å². The summed E-state index contributed by atoms with van der Waals surface area (Å²) in [6.45, 7) is 3.81. The highest BCUT2D eigenvalue weighted by Gasteiger charge is 2.18. The number of hydrogen-bond acceptors (Lipinski definition) is 3. The van der Waals surface area contributed by atoms with E-state index in [9.17, 15) is 14.4 Å². The number of nitrogens with zero attached hydrogens (tertiary/aromatic N) is 1. The lowest BCUT2D eigenvalue weighted by Crippen LogP contribution is -2.49. The molecule has 3 amide bonds. The van der Waals surface area contributed by atoms with Crippen LogP contribution in [0.25, 0.3) is 0 Å². The molecule has 17 heavy (non-hydrogen) atoms. The average molecular weight is 245 g/mol. The van der Waals surface area contributed by atoms with Gasteiger partial charge in [-0.05, 0) is 13.8 Å². The maximum absolute atomic E-state index is 11.7. The van der Waals surface area contributed by atoms with Gasteiger partial charge in [0.25, 0.3) is 0 Å². The molecule has 0 bridgehead atoms. The predicted molar refractivity (Wildman–Crippen MR) is 61.6 cm³/mol. The van der Waals surface area contributed by atoms with Crippen LogP contribution in [-0.2, 0) is 9.59 Å². The van der Waals surface area contributed by atoms with E-state index in [0.717, 1.165) is 0 Å². The highest BCUT2D eigenvalue weighted by Crippen LogP contribution is 1.94. The van der Waals surface area contributed by atoms with Gasteiger partial charge in [0.1, 0.15) is 6.04 Å². The first kappa shape index (κ1) is 15.2. The van der Waals surface area contributed by atoms with Crippen LogP contribution in [0.2, 0.25) is 0 Å². The lowest BCUT2D eigenvalue weighted by Gasteiger charge is -2.22. The number of carboxylic acid groups (broad SMARTS) is 1. The number of carbonyl (C=O) groups is 3. The number of carboxylic acids is 1. The van der Waals surface area contributed by atoms with Gasteiger partial charge in [-0.15, -0.1) is 0 Å². The van der Waals surface area contributed by atoms with Gasteiger partial charge in [0.05, 0.1) is 6.42 Å². The Bertz CT molecular complexity index is 293. The van der Waals surface area contributed by atoms with Crippen LogP contribution in [0.4, 0.5) is 4.79 Å². The highest BCUT2D eigenvalue weighted by molar-refractivity contribution is 5.86. The summed E-state index contributed by atoms with van der Waals surface area (Å²) < 4.78 is 0. The first-order valence-corrected chi connectivity index (χ1v) is 5.41. The third-order valence-electron chi connectivity index (χ3n) is 2.24. The summed E-state index contributed by atoms with van der Waals surface area (Å²) in [6, 6.07) is -1.09. The second-order valence-electron chi connectivity index (χ2n) is 3.51. The third kappa shape index (κ3) is 5.74. The summed E-state index contributed by atoms with van der Waals surface area (Å²) in [7, 11) is 1.48. The van der Waals surface area contributed by atoms with Crippen molar-refractivity contribution in [3.63, 3.8) is 0 Å². The van der Waals surface area contributed by atoms with Crippen LogP contribution in [0, 0.1) is 0 Å². The second-order valence-corrected chi connectivity index (χ2v) is 3.51. The van der Waals surface area contributed by atoms with E-state index in [-0.39, 0.29) is 18.9 Å². The molecule has 0 rings (SSSR count). The molecule has 0 saturated carbocycles. The fraction of sp³-hybridized carbons (Fsp3) is 0.700. The lowest BCUT2D eigenvalue weighted by molar-refractivity contribution is -0.137. The van der Waals surface area contributed by atoms with Crippen molar-refractivity contribution < 1.29 is 19.5 Å². The maximum atomic E-state index is 11.7. The normalized spacial score (nSPS) is 11.5. The fourth-order valence-corrected chi connectivity index (χ4v) is 1.19. The summed E-state index contributed by atoms with van der Waals surface area (Å²) in [5, 5.41) is 13.4. The Labute approximate surface area is 100 Å². The van der Waals surface area contributed by atoms with Gasteiger partial charge in [-0.25, -0.2) is 4.79 Å². The first-order valence-electron chi connectivity index (χ1n) is 5.41. The number of likely N-dealkylation sites (N-methyl/N-ethyl adjacent to an activating group) is 1. The van der Waals surface area contributed by atoms with E-state index in [1.54, 1.807) is 13.8 Å². The van der Waals surface area contributed by atoms with Crippen molar-refractivity contribution in [2.45, 2.75) is 26.3 Å². The topological polar surface area (TPSA) is 98.7 Å². The van der Waals surface area contributed by atoms with Crippen LogP contribution in [-0.4, -0.2) is 54.1 Å². The zero-order chi connectivity index (χ0) is 13.4. The van der Waals surface area contributed by atoms with Gasteiger partial charge >= 0.3 is 12.0 Å². The monoisotopic (exact) mass is 245 g/mol. The molecule has 1 atom stereocenters. The van der Waals surface area contributed by atoms with Crippen LogP contribution < -0.4 is 10.6 Å². The van der Waals surface area contributed by atoms with E-state index in [0.29, 0.717) is 6.54 Å². The number of aliphatic carboxylic acids is 1. The quantitative estimate of drug-likeness (QED) is 0.594. The minimum absolute atomic E-state index is 0.115. The molecule has 0 fully saturated rings. The maximum Gasteiger partial charge on any atom is 0.318 e. The summed E-state index contributed by atoms with van der Waals surface area (Å²) in [6.07, 6.45) is -0.115. The van der Waals surface area contributed by atoms with Gasteiger partial charge in [-0.1, -0.05) is 0 Å². The van der Waals surface area contributed by atoms with Crippen molar-refractivity contribution in [1.29, 1.82) is 0 Å². The Morgan fingerprint density at radius 3 is 2.35 bits per heavy atom. The van der Waals surface area contributed by atoms with E-state index < -0.39 is 18.0 Å². The molecule has 7 heteroatoms. The molecule has 0 radical (unpaired) electrons. The van der Waals surface area contributed by atoms with E-state index in [1.807, 2.05) is 0 Å². The zero-order valence-electron chi connectivity index (χ0n) is 10.3.